The van der Waals surface area contributed by atoms with E-state index in [2.05, 4.69) is 15.5 Å². The average molecular weight is 400 g/mol. The van der Waals surface area contributed by atoms with Crippen LogP contribution in [0.2, 0.25) is 0 Å². The van der Waals surface area contributed by atoms with Crippen LogP contribution in [0.15, 0.2) is 58.9 Å². The third kappa shape index (κ3) is 5.30. The third-order valence-corrected chi connectivity index (χ3v) is 6.10. The number of nitrogens with one attached hydrogen (secondary N) is 1. The summed E-state index contributed by atoms with van der Waals surface area (Å²) in [6.07, 6.45) is 0.728. The molecule has 0 aliphatic carbocycles. The van der Waals surface area contributed by atoms with Gasteiger partial charge in [-0.05, 0) is 29.7 Å². The maximum Gasteiger partial charge on any atom is 0.233 e. The van der Waals surface area contributed by atoms with Crippen LogP contribution in [0.1, 0.15) is 30.4 Å². The molecule has 0 saturated carbocycles. The minimum atomic E-state index is -0.192. The number of nitrogens with zero attached hydrogens (tertiary/aromatic N) is 2. The topological polar surface area (TPSA) is 64.1 Å². The number of hydrogen-bond donors (Lipinski definition) is 1. The zero-order valence-electron chi connectivity index (χ0n) is 15.2. The van der Waals surface area contributed by atoms with Crippen molar-refractivity contribution in [3.63, 3.8) is 0 Å². The van der Waals surface area contributed by atoms with E-state index >= 15 is 0 Å². The second-order valence-electron chi connectivity index (χ2n) is 5.87. The van der Waals surface area contributed by atoms with Crippen LogP contribution in [0.25, 0.3) is 0 Å². The molecule has 0 spiro atoms. The Balaban J connectivity index is 1.59. The van der Waals surface area contributed by atoms with E-state index in [1.54, 1.807) is 18.9 Å². The Labute approximate surface area is 167 Å². The zero-order chi connectivity index (χ0) is 19.1. The number of benzene rings is 2. The van der Waals surface area contributed by atoms with Crippen molar-refractivity contribution < 1.29 is 9.53 Å². The van der Waals surface area contributed by atoms with Crippen LogP contribution in [0, 0.1) is 0 Å². The summed E-state index contributed by atoms with van der Waals surface area (Å²) in [5.41, 5.74) is 2.16. The van der Waals surface area contributed by atoms with Gasteiger partial charge in [-0.15, -0.1) is 10.2 Å². The van der Waals surface area contributed by atoms with Crippen LogP contribution < -0.4 is 10.1 Å². The van der Waals surface area contributed by atoms with Gasteiger partial charge < -0.3 is 4.74 Å². The average Bonchev–Trinajstić information content (AvgIpc) is 3.15. The largest absolute Gasteiger partial charge is 0.497 e. The Morgan fingerprint density at radius 1 is 1.19 bits per heavy atom. The molecule has 1 unspecified atom stereocenters. The van der Waals surface area contributed by atoms with Crippen molar-refractivity contribution in [3.05, 3.63) is 65.7 Å². The van der Waals surface area contributed by atoms with Gasteiger partial charge in [0.05, 0.1) is 13.0 Å². The van der Waals surface area contributed by atoms with Crippen molar-refractivity contribution >= 4 is 34.1 Å². The predicted octanol–water partition coefficient (Wildman–Crippen LogP) is 4.97. The SMILES string of the molecule is CCC(C(=O)Nc1nnc(SCc2cccc(OC)c2)s1)c1ccccc1. The van der Waals surface area contributed by atoms with Gasteiger partial charge in [-0.3, -0.25) is 10.1 Å². The molecule has 3 aromatic rings. The van der Waals surface area contributed by atoms with E-state index in [9.17, 15) is 4.79 Å². The predicted molar refractivity (Wildman–Crippen MR) is 111 cm³/mol. The highest BCUT2D eigenvalue weighted by atomic mass is 32.2. The van der Waals surface area contributed by atoms with E-state index in [-0.39, 0.29) is 11.8 Å². The Morgan fingerprint density at radius 3 is 2.74 bits per heavy atom. The molecule has 0 aliphatic heterocycles. The van der Waals surface area contributed by atoms with Crippen LogP contribution in [0.5, 0.6) is 5.75 Å². The fourth-order valence-corrected chi connectivity index (χ4v) is 4.37. The second-order valence-corrected chi connectivity index (χ2v) is 8.07. The first kappa shape index (κ1) is 19.4. The highest BCUT2D eigenvalue weighted by Crippen LogP contribution is 2.30. The number of thioether (sulfide) groups is 1. The first-order chi connectivity index (χ1) is 13.2. The quantitative estimate of drug-likeness (QED) is 0.428. The molecule has 7 heteroatoms. The molecule has 27 heavy (non-hydrogen) atoms. The first-order valence-electron chi connectivity index (χ1n) is 8.64. The minimum absolute atomic E-state index is 0.0517. The number of amides is 1. The van der Waals surface area contributed by atoms with E-state index < -0.39 is 0 Å². The molecule has 0 aliphatic rings. The fourth-order valence-electron chi connectivity index (χ4n) is 2.68. The van der Waals surface area contributed by atoms with Crippen LogP contribution in [-0.4, -0.2) is 23.2 Å². The van der Waals surface area contributed by atoms with Crippen molar-refractivity contribution in [2.75, 3.05) is 12.4 Å². The summed E-state index contributed by atoms with van der Waals surface area (Å²) in [4.78, 5) is 12.6. The summed E-state index contributed by atoms with van der Waals surface area (Å²) in [6, 6.07) is 17.7. The van der Waals surface area contributed by atoms with Gasteiger partial charge in [0.2, 0.25) is 11.0 Å². The first-order valence-corrected chi connectivity index (χ1v) is 10.4. The smallest absolute Gasteiger partial charge is 0.233 e. The number of anilines is 1. The molecular formula is C20H21N3O2S2. The lowest BCUT2D eigenvalue weighted by Crippen LogP contribution is -2.20. The van der Waals surface area contributed by atoms with Gasteiger partial charge in [0.1, 0.15) is 5.75 Å². The Kier molecular flexibility index (Phi) is 6.84. The van der Waals surface area contributed by atoms with E-state index in [0.29, 0.717) is 5.13 Å². The van der Waals surface area contributed by atoms with E-state index in [0.717, 1.165) is 33.4 Å². The van der Waals surface area contributed by atoms with Gasteiger partial charge in [-0.2, -0.15) is 0 Å². The molecular weight excluding hydrogens is 378 g/mol. The molecule has 5 nitrogen and oxygen atoms in total. The molecule has 1 aromatic heterocycles. The number of aromatic nitrogens is 2. The zero-order valence-corrected chi connectivity index (χ0v) is 16.8. The summed E-state index contributed by atoms with van der Waals surface area (Å²) in [5, 5.41) is 11.7. The lowest BCUT2D eigenvalue weighted by Gasteiger charge is -2.13. The fraction of sp³-hybridized carbons (Fsp3) is 0.250. The summed E-state index contributed by atoms with van der Waals surface area (Å²) in [7, 11) is 1.66. The standard InChI is InChI=1S/C20H21N3O2S2/c1-3-17(15-9-5-4-6-10-15)18(24)21-19-22-23-20(27-19)26-13-14-8-7-11-16(12-14)25-2/h4-12,17H,3,13H2,1-2H3,(H,21,22,24). The minimum Gasteiger partial charge on any atom is -0.497 e. The van der Waals surface area contributed by atoms with Gasteiger partial charge >= 0.3 is 0 Å². The molecule has 1 atom stereocenters. The molecule has 2 aromatic carbocycles. The molecule has 1 N–H and O–H groups in total. The number of rotatable bonds is 8. The summed E-state index contributed by atoms with van der Waals surface area (Å²) < 4.78 is 6.06. The molecule has 1 amide bonds. The van der Waals surface area contributed by atoms with Crippen molar-refractivity contribution in [3.8, 4) is 5.75 Å². The number of methoxy groups -OCH3 is 1. The molecule has 0 bridgehead atoms. The lowest BCUT2D eigenvalue weighted by atomic mass is 9.96. The molecule has 0 radical (unpaired) electrons. The molecule has 3 rings (SSSR count). The van der Waals surface area contributed by atoms with Crippen LogP contribution in [-0.2, 0) is 10.5 Å². The number of carbonyl (C=O) groups is 1. The number of hydrogen-bond acceptors (Lipinski definition) is 6. The Bertz CT molecular complexity index is 884. The summed E-state index contributed by atoms with van der Waals surface area (Å²) in [5.74, 6) is 1.36. The monoisotopic (exact) mass is 399 g/mol. The van der Waals surface area contributed by atoms with Gasteiger partial charge in [-0.25, -0.2) is 0 Å². The van der Waals surface area contributed by atoms with Gasteiger partial charge in [0.15, 0.2) is 4.34 Å². The van der Waals surface area contributed by atoms with Crippen LogP contribution in [0.4, 0.5) is 5.13 Å². The normalized spacial score (nSPS) is 11.8. The highest BCUT2D eigenvalue weighted by Gasteiger charge is 2.20. The van der Waals surface area contributed by atoms with Crippen molar-refractivity contribution in [1.29, 1.82) is 0 Å². The molecule has 0 fully saturated rings. The van der Waals surface area contributed by atoms with E-state index in [1.165, 1.54) is 11.3 Å². The number of ether oxygens (including phenoxy) is 1. The van der Waals surface area contributed by atoms with Gasteiger partial charge in [0.25, 0.3) is 0 Å². The third-order valence-electron chi connectivity index (χ3n) is 4.06. The Hall–Kier alpha value is -2.38. The maximum atomic E-state index is 12.6. The van der Waals surface area contributed by atoms with Crippen LogP contribution >= 0.6 is 23.1 Å². The van der Waals surface area contributed by atoms with Crippen molar-refractivity contribution in [1.82, 2.24) is 10.2 Å². The lowest BCUT2D eigenvalue weighted by molar-refractivity contribution is -0.117. The highest BCUT2D eigenvalue weighted by molar-refractivity contribution is 8.00. The maximum absolute atomic E-state index is 12.6. The van der Waals surface area contributed by atoms with E-state index in [4.69, 9.17) is 4.74 Å². The summed E-state index contributed by atoms with van der Waals surface area (Å²) >= 11 is 2.98. The van der Waals surface area contributed by atoms with Gasteiger partial charge in [-0.1, -0.05) is 72.5 Å². The van der Waals surface area contributed by atoms with E-state index in [1.807, 2.05) is 61.5 Å². The molecule has 1 heterocycles. The van der Waals surface area contributed by atoms with Crippen LogP contribution in [0.3, 0.4) is 0 Å². The van der Waals surface area contributed by atoms with Crippen molar-refractivity contribution in [2.24, 2.45) is 0 Å². The van der Waals surface area contributed by atoms with Gasteiger partial charge in [0, 0.05) is 5.75 Å². The Morgan fingerprint density at radius 2 is 2.00 bits per heavy atom. The number of carbonyl (C=O) groups excluding carboxylic acids is 1. The second kappa shape index (κ2) is 9.53. The molecule has 140 valence electrons. The summed E-state index contributed by atoms with van der Waals surface area (Å²) in [6.45, 7) is 2.01. The molecule has 0 saturated heterocycles. The van der Waals surface area contributed by atoms with Crippen molar-refractivity contribution in [2.45, 2.75) is 29.4 Å².